The molecular formula is C12H22BrN3O. The first-order chi connectivity index (χ1) is 8.06. The molecule has 0 spiro atoms. The number of nitrogens with one attached hydrogen (secondary N) is 1. The van der Waals surface area contributed by atoms with Crippen LogP contribution >= 0.6 is 15.9 Å². The monoisotopic (exact) mass is 303 g/mol. The normalized spacial score (nSPS) is 13.3. The van der Waals surface area contributed by atoms with Crippen molar-refractivity contribution in [3.05, 3.63) is 16.4 Å². The van der Waals surface area contributed by atoms with Crippen molar-refractivity contribution >= 4 is 15.9 Å². The Morgan fingerprint density at radius 1 is 1.53 bits per heavy atom. The lowest BCUT2D eigenvalue weighted by atomic mass is 10.2. The molecule has 0 amide bonds. The first-order valence-corrected chi connectivity index (χ1v) is 6.88. The Hall–Kier alpha value is -0.390. The molecule has 1 aromatic heterocycles. The third-order valence-electron chi connectivity index (χ3n) is 2.50. The molecule has 1 atom stereocenters. The number of hydrogen-bond acceptors (Lipinski definition) is 3. The Morgan fingerprint density at radius 3 is 2.71 bits per heavy atom. The standard InChI is InChI=1S/C12H22BrN3O/c1-5-6-14-11(8-17-9(2)3)12-10(13)7-15-16(12)4/h7,9,11,14H,5-6,8H2,1-4H3. The molecule has 1 heterocycles. The fourth-order valence-electron chi connectivity index (χ4n) is 1.65. The molecule has 17 heavy (non-hydrogen) atoms. The molecule has 1 N–H and O–H groups in total. The van der Waals surface area contributed by atoms with Crippen molar-refractivity contribution in [1.82, 2.24) is 15.1 Å². The van der Waals surface area contributed by atoms with Crippen LogP contribution in [0.1, 0.15) is 38.9 Å². The third kappa shape index (κ3) is 4.41. The molecular weight excluding hydrogens is 282 g/mol. The number of hydrogen-bond donors (Lipinski definition) is 1. The van der Waals surface area contributed by atoms with E-state index in [0.717, 1.165) is 23.1 Å². The van der Waals surface area contributed by atoms with E-state index in [4.69, 9.17) is 4.74 Å². The number of halogens is 1. The zero-order valence-corrected chi connectivity index (χ0v) is 12.6. The number of aromatic nitrogens is 2. The largest absolute Gasteiger partial charge is 0.377 e. The van der Waals surface area contributed by atoms with Crippen LogP contribution in [0.4, 0.5) is 0 Å². The summed E-state index contributed by atoms with van der Waals surface area (Å²) in [7, 11) is 1.95. The van der Waals surface area contributed by atoms with E-state index in [1.165, 1.54) is 0 Å². The minimum atomic E-state index is 0.180. The van der Waals surface area contributed by atoms with Crippen LogP contribution in [0, 0.1) is 0 Å². The van der Waals surface area contributed by atoms with Gasteiger partial charge in [-0.15, -0.1) is 0 Å². The van der Waals surface area contributed by atoms with Crippen molar-refractivity contribution in [2.24, 2.45) is 7.05 Å². The van der Waals surface area contributed by atoms with Crippen molar-refractivity contribution in [3.8, 4) is 0 Å². The van der Waals surface area contributed by atoms with Gasteiger partial charge in [-0.1, -0.05) is 6.92 Å². The van der Waals surface area contributed by atoms with Crippen LogP contribution in [-0.4, -0.2) is 29.0 Å². The Balaban J connectivity index is 2.74. The predicted molar refractivity (Wildman–Crippen MR) is 73.0 cm³/mol. The van der Waals surface area contributed by atoms with Crippen molar-refractivity contribution in [1.29, 1.82) is 0 Å². The van der Waals surface area contributed by atoms with Gasteiger partial charge in [-0.3, -0.25) is 4.68 Å². The van der Waals surface area contributed by atoms with E-state index >= 15 is 0 Å². The van der Waals surface area contributed by atoms with Crippen LogP contribution in [0.15, 0.2) is 10.7 Å². The van der Waals surface area contributed by atoms with E-state index < -0.39 is 0 Å². The topological polar surface area (TPSA) is 39.1 Å². The summed E-state index contributed by atoms with van der Waals surface area (Å²) in [5.41, 5.74) is 1.14. The molecule has 1 rings (SSSR count). The third-order valence-corrected chi connectivity index (χ3v) is 3.12. The second-order valence-corrected chi connectivity index (χ2v) is 5.24. The van der Waals surface area contributed by atoms with Crippen LogP contribution in [0.5, 0.6) is 0 Å². The van der Waals surface area contributed by atoms with Gasteiger partial charge in [0, 0.05) is 7.05 Å². The molecule has 0 radical (unpaired) electrons. The molecule has 0 aliphatic heterocycles. The number of rotatable bonds is 7. The Morgan fingerprint density at radius 2 is 2.24 bits per heavy atom. The van der Waals surface area contributed by atoms with Gasteiger partial charge in [0.25, 0.3) is 0 Å². The summed E-state index contributed by atoms with van der Waals surface area (Å²) < 4.78 is 8.63. The van der Waals surface area contributed by atoms with Gasteiger partial charge < -0.3 is 10.1 Å². The minimum absolute atomic E-state index is 0.180. The Bertz CT molecular complexity index is 319. The second-order valence-electron chi connectivity index (χ2n) is 4.39. The van der Waals surface area contributed by atoms with E-state index in [1.807, 2.05) is 17.9 Å². The smallest absolute Gasteiger partial charge is 0.0741 e. The maximum absolute atomic E-state index is 5.71. The molecule has 0 aliphatic rings. The van der Waals surface area contributed by atoms with E-state index in [2.05, 4.69) is 47.1 Å². The molecule has 0 aromatic carbocycles. The first kappa shape index (κ1) is 14.7. The van der Waals surface area contributed by atoms with Gasteiger partial charge in [-0.05, 0) is 42.7 Å². The van der Waals surface area contributed by atoms with Crippen molar-refractivity contribution in [3.63, 3.8) is 0 Å². The fourth-order valence-corrected chi connectivity index (χ4v) is 2.28. The molecule has 5 heteroatoms. The quantitative estimate of drug-likeness (QED) is 0.842. The minimum Gasteiger partial charge on any atom is -0.377 e. The molecule has 4 nitrogen and oxygen atoms in total. The van der Waals surface area contributed by atoms with Crippen molar-refractivity contribution < 1.29 is 4.74 Å². The van der Waals surface area contributed by atoms with Crippen molar-refractivity contribution in [2.75, 3.05) is 13.2 Å². The maximum Gasteiger partial charge on any atom is 0.0741 e. The summed E-state index contributed by atoms with van der Waals surface area (Å²) in [6.07, 6.45) is 3.17. The van der Waals surface area contributed by atoms with E-state index in [9.17, 15) is 0 Å². The maximum atomic E-state index is 5.71. The zero-order valence-electron chi connectivity index (χ0n) is 11.0. The lowest BCUT2D eigenvalue weighted by molar-refractivity contribution is 0.0594. The fraction of sp³-hybridized carbons (Fsp3) is 0.750. The van der Waals surface area contributed by atoms with Crippen LogP contribution in [0.2, 0.25) is 0 Å². The summed E-state index contributed by atoms with van der Waals surface area (Å²) >= 11 is 3.54. The molecule has 0 bridgehead atoms. The average Bonchev–Trinajstić information content (AvgIpc) is 2.60. The second kappa shape index (κ2) is 7.13. The van der Waals surface area contributed by atoms with Gasteiger partial charge in [-0.2, -0.15) is 5.10 Å². The summed E-state index contributed by atoms with van der Waals surface area (Å²) in [5.74, 6) is 0. The molecule has 0 fully saturated rings. The van der Waals surface area contributed by atoms with Crippen molar-refractivity contribution in [2.45, 2.75) is 39.3 Å². The van der Waals surface area contributed by atoms with E-state index in [-0.39, 0.29) is 12.1 Å². The number of aryl methyl sites for hydroxylation is 1. The lowest BCUT2D eigenvalue weighted by Crippen LogP contribution is -2.29. The van der Waals surface area contributed by atoms with Crippen LogP contribution in [-0.2, 0) is 11.8 Å². The highest BCUT2D eigenvalue weighted by molar-refractivity contribution is 9.10. The Kier molecular flexibility index (Phi) is 6.16. The van der Waals surface area contributed by atoms with Gasteiger partial charge in [-0.25, -0.2) is 0 Å². The molecule has 1 aromatic rings. The van der Waals surface area contributed by atoms with Gasteiger partial charge in [0.1, 0.15) is 0 Å². The SMILES string of the molecule is CCCNC(COC(C)C)c1c(Br)cnn1C. The molecule has 0 aliphatic carbocycles. The number of nitrogens with zero attached hydrogens (tertiary/aromatic N) is 2. The van der Waals surface area contributed by atoms with Gasteiger partial charge in [0.05, 0.1) is 35.1 Å². The van der Waals surface area contributed by atoms with Crippen LogP contribution in [0.3, 0.4) is 0 Å². The van der Waals surface area contributed by atoms with E-state index in [0.29, 0.717) is 6.61 Å². The highest BCUT2D eigenvalue weighted by Crippen LogP contribution is 2.23. The molecule has 98 valence electrons. The average molecular weight is 304 g/mol. The predicted octanol–water partition coefficient (Wildman–Crippen LogP) is 2.65. The molecule has 1 unspecified atom stereocenters. The summed E-state index contributed by atoms with van der Waals surface area (Å²) in [4.78, 5) is 0. The number of ether oxygens (including phenoxy) is 1. The summed E-state index contributed by atoms with van der Waals surface area (Å²) in [5, 5.41) is 7.74. The lowest BCUT2D eigenvalue weighted by Gasteiger charge is -2.21. The summed E-state index contributed by atoms with van der Waals surface area (Å²) in [6.45, 7) is 7.90. The zero-order chi connectivity index (χ0) is 12.8. The van der Waals surface area contributed by atoms with Gasteiger partial charge in [0.2, 0.25) is 0 Å². The highest BCUT2D eigenvalue weighted by atomic mass is 79.9. The molecule has 0 saturated heterocycles. The Labute approximate surface area is 112 Å². The van der Waals surface area contributed by atoms with Gasteiger partial charge >= 0.3 is 0 Å². The van der Waals surface area contributed by atoms with Crippen LogP contribution in [0.25, 0.3) is 0 Å². The van der Waals surface area contributed by atoms with Gasteiger partial charge in [0.15, 0.2) is 0 Å². The van der Waals surface area contributed by atoms with E-state index in [1.54, 1.807) is 0 Å². The first-order valence-electron chi connectivity index (χ1n) is 6.08. The highest BCUT2D eigenvalue weighted by Gasteiger charge is 2.18. The molecule has 0 saturated carbocycles. The van der Waals surface area contributed by atoms with Crippen LogP contribution < -0.4 is 5.32 Å². The summed E-state index contributed by atoms with van der Waals surface area (Å²) in [6, 6.07) is 0.180.